The van der Waals surface area contributed by atoms with E-state index in [1.165, 1.54) is 0 Å². The molecule has 0 aliphatic carbocycles. The average molecular weight is 658 g/mol. The number of ether oxygens (including phenoxy) is 2. The molecule has 1 fully saturated rings. The number of fused-ring (bicyclic) bond motifs is 1. The number of nitrogens with zero attached hydrogens (tertiary/aromatic N) is 3. The third-order valence-corrected chi connectivity index (χ3v) is 8.72. The number of benzene rings is 3. The van der Waals surface area contributed by atoms with Gasteiger partial charge in [0.15, 0.2) is 0 Å². The van der Waals surface area contributed by atoms with Crippen LogP contribution in [0.5, 0.6) is 11.5 Å². The van der Waals surface area contributed by atoms with Crippen LogP contribution in [-0.4, -0.2) is 72.3 Å². The van der Waals surface area contributed by atoms with Crippen LogP contribution in [0.15, 0.2) is 66.9 Å². The molecular formula is C34H39Cl3N4O3. The van der Waals surface area contributed by atoms with Gasteiger partial charge in [-0.15, -0.1) is 0 Å². The minimum atomic E-state index is -0.141. The molecule has 0 unspecified atom stereocenters. The molecule has 0 radical (unpaired) electrons. The van der Waals surface area contributed by atoms with Gasteiger partial charge in [-0.25, -0.2) is 0 Å². The van der Waals surface area contributed by atoms with E-state index in [0.717, 1.165) is 80.2 Å². The molecule has 10 heteroatoms. The van der Waals surface area contributed by atoms with Gasteiger partial charge in [-0.1, -0.05) is 53.0 Å². The van der Waals surface area contributed by atoms with Crippen LogP contribution >= 0.6 is 34.8 Å². The highest BCUT2D eigenvalue weighted by Crippen LogP contribution is 2.31. The summed E-state index contributed by atoms with van der Waals surface area (Å²) in [4.78, 5) is 18.4. The van der Waals surface area contributed by atoms with E-state index in [-0.39, 0.29) is 12.0 Å². The first kappa shape index (κ1) is 32.5. The van der Waals surface area contributed by atoms with Gasteiger partial charge in [0.05, 0.1) is 27.2 Å². The number of amides is 1. The molecule has 2 heterocycles. The van der Waals surface area contributed by atoms with Crippen molar-refractivity contribution in [2.45, 2.75) is 39.5 Å². The zero-order valence-corrected chi connectivity index (χ0v) is 27.5. The second kappa shape index (κ2) is 15.4. The van der Waals surface area contributed by atoms with E-state index in [9.17, 15) is 4.79 Å². The Morgan fingerprint density at radius 3 is 2.32 bits per heavy atom. The monoisotopic (exact) mass is 656 g/mol. The van der Waals surface area contributed by atoms with Crippen molar-refractivity contribution in [1.82, 2.24) is 19.7 Å². The summed E-state index contributed by atoms with van der Waals surface area (Å²) in [6.45, 7) is 11.8. The summed E-state index contributed by atoms with van der Waals surface area (Å²) < 4.78 is 14.2. The molecule has 1 N–H and O–H groups in total. The first-order valence-corrected chi connectivity index (χ1v) is 16.2. The van der Waals surface area contributed by atoms with Gasteiger partial charge in [-0.2, -0.15) is 0 Å². The number of rotatable bonds is 13. The Balaban J connectivity index is 1.17. The molecule has 1 aliphatic rings. The lowest BCUT2D eigenvalue weighted by atomic mass is 10.1. The molecule has 1 aromatic heterocycles. The highest BCUT2D eigenvalue weighted by Gasteiger charge is 2.20. The highest BCUT2D eigenvalue weighted by atomic mass is 35.5. The second-order valence-corrected chi connectivity index (χ2v) is 12.6. The summed E-state index contributed by atoms with van der Waals surface area (Å²) in [5.74, 6) is 1.49. The Bertz CT molecular complexity index is 1550. The average Bonchev–Trinajstić information content (AvgIpc) is 3.39. The zero-order chi connectivity index (χ0) is 31.1. The quantitative estimate of drug-likeness (QED) is 0.162. The van der Waals surface area contributed by atoms with Gasteiger partial charge in [0.2, 0.25) is 0 Å². The predicted octanol–water partition coefficient (Wildman–Crippen LogP) is 7.41. The van der Waals surface area contributed by atoms with Crippen molar-refractivity contribution in [1.29, 1.82) is 0 Å². The maximum atomic E-state index is 13.4. The largest absolute Gasteiger partial charge is 0.492 e. The summed E-state index contributed by atoms with van der Waals surface area (Å²) in [6, 6.07) is 18.8. The van der Waals surface area contributed by atoms with E-state index in [4.69, 9.17) is 44.3 Å². The molecule has 1 aliphatic heterocycles. The zero-order valence-electron chi connectivity index (χ0n) is 25.2. The number of nitrogens with one attached hydrogen (secondary N) is 1. The number of aryl methyl sites for hydroxylation is 1. The van der Waals surface area contributed by atoms with Gasteiger partial charge in [0.25, 0.3) is 5.91 Å². The second-order valence-electron chi connectivity index (χ2n) is 11.3. The normalized spacial score (nSPS) is 14.3. The molecule has 0 atom stereocenters. The van der Waals surface area contributed by atoms with Crippen molar-refractivity contribution in [2.24, 2.45) is 0 Å². The van der Waals surface area contributed by atoms with Crippen molar-refractivity contribution < 1.29 is 14.3 Å². The SMILES string of the molecule is CC(C)Oc1cccc2c(C(=O)NCc3ccc(Cl)c(Cl)c3)cn(CCCN3CCN(CCOc4ccc(Cl)cc4)CC3)c12. The van der Waals surface area contributed by atoms with E-state index >= 15 is 0 Å². The number of para-hydroxylation sites is 1. The molecule has 0 spiro atoms. The van der Waals surface area contributed by atoms with Gasteiger partial charge in [0, 0.05) is 62.4 Å². The third-order valence-electron chi connectivity index (χ3n) is 7.73. The van der Waals surface area contributed by atoms with Crippen molar-refractivity contribution in [2.75, 3.05) is 45.9 Å². The lowest BCUT2D eigenvalue weighted by molar-refractivity contribution is 0.0952. The van der Waals surface area contributed by atoms with Crippen LogP contribution in [0.3, 0.4) is 0 Å². The van der Waals surface area contributed by atoms with Crippen molar-refractivity contribution in [3.8, 4) is 11.5 Å². The molecular weight excluding hydrogens is 619 g/mol. The summed E-state index contributed by atoms with van der Waals surface area (Å²) in [6.07, 6.45) is 2.94. The summed E-state index contributed by atoms with van der Waals surface area (Å²) >= 11 is 18.2. The van der Waals surface area contributed by atoms with Gasteiger partial charge < -0.3 is 24.3 Å². The predicted molar refractivity (Wildman–Crippen MR) is 180 cm³/mol. The van der Waals surface area contributed by atoms with Gasteiger partial charge >= 0.3 is 0 Å². The van der Waals surface area contributed by atoms with Crippen LogP contribution in [0, 0.1) is 0 Å². The minimum Gasteiger partial charge on any atom is -0.492 e. The number of aromatic nitrogens is 1. The van der Waals surface area contributed by atoms with Crippen LogP contribution in [0.2, 0.25) is 15.1 Å². The minimum absolute atomic E-state index is 0.0174. The number of carbonyl (C=O) groups excluding carboxylic acids is 1. The van der Waals surface area contributed by atoms with Crippen LogP contribution in [0.4, 0.5) is 0 Å². The Hall–Kier alpha value is -2.94. The summed E-state index contributed by atoms with van der Waals surface area (Å²) in [5, 5.41) is 5.59. The Labute approximate surface area is 274 Å². The summed E-state index contributed by atoms with van der Waals surface area (Å²) in [7, 11) is 0. The molecule has 234 valence electrons. The summed E-state index contributed by atoms with van der Waals surface area (Å²) in [5.41, 5.74) is 2.46. The highest BCUT2D eigenvalue weighted by molar-refractivity contribution is 6.42. The number of hydrogen-bond donors (Lipinski definition) is 1. The molecule has 1 amide bonds. The fourth-order valence-corrected chi connectivity index (χ4v) is 5.93. The van der Waals surface area contributed by atoms with Gasteiger partial charge in [-0.05, 0) is 74.8 Å². The van der Waals surface area contributed by atoms with Crippen molar-refractivity contribution in [3.05, 3.63) is 93.1 Å². The van der Waals surface area contributed by atoms with Crippen LogP contribution in [0.25, 0.3) is 10.9 Å². The van der Waals surface area contributed by atoms with E-state index in [1.54, 1.807) is 12.1 Å². The molecule has 4 aromatic rings. The fourth-order valence-electron chi connectivity index (χ4n) is 5.48. The third kappa shape index (κ3) is 8.61. The van der Waals surface area contributed by atoms with E-state index < -0.39 is 0 Å². The smallest absolute Gasteiger partial charge is 0.253 e. The van der Waals surface area contributed by atoms with Crippen LogP contribution < -0.4 is 14.8 Å². The van der Waals surface area contributed by atoms with Crippen molar-refractivity contribution in [3.63, 3.8) is 0 Å². The van der Waals surface area contributed by atoms with E-state index in [1.807, 2.05) is 68.6 Å². The molecule has 44 heavy (non-hydrogen) atoms. The lowest BCUT2D eigenvalue weighted by Crippen LogP contribution is -2.47. The van der Waals surface area contributed by atoms with Crippen LogP contribution in [0.1, 0.15) is 36.2 Å². The number of hydrogen-bond acceptors (Lipinski definition) is 5. The Kier molecular flexibility index (Phi) is 11.3. The van der Waals surface area contributed by atoms with Crippen molar-refractivity contribution >= 4 is 51.6 Å². The molecule has 0 bridgehead atoms. The first-order valence-electron chi connectivity index (χ1n) is 15.1. The standard InChI is InChI=1S/C34H39Cl3N4O3/c1-24(2)44-32-6-3-5-28-29(34(42)38-22-25-7-12-30(36)31(37)21-25)23-41(33(28)32)14-4-13-39-15-17-40(18-16-39)19-20-43-27-10-8-26(35)9-11-27/h3,5-12,21,23-24H,4,13-20,22H2,1-2H3,(H,38,42). The Morgan fingerprint density at radius 1 is 0.886 bits per heavy atom. The maximum absolute atomic E-state index is 13.4. The van der Waals surface area contributed by atoms with Gasteiger partial charge in [0.1, 0.15) is 18.1 Å². The number of piperazine rings is 1. The number of carbonyl (C=O) groups is 1. The van der Waals surface area contributed by atoms with Crippen LogP contribution in [-0.2, 0) is 13.1 Å². The lowest BCUT2D eigenvalue weighted by Gasteiger charge is -2.34. The molecule has 0 saturated carbocycles. The maximum Gasteiger partial charge on any atom is 0.253 e. The molecule has 7 nitrogen and oxygen atoms in total. The Morgan fingerprint density at radius 2 is 1.61 bits per heavy atom. The number of halogens is 3. The fraction of sp³-hybridized carbons (Fsp3) is 0.382. The van der Waals surface area contributed by atoms with Gasteiger partial charge in [-0.3, -0.25) is 9.69 Å². The molecule has 1 saturated heterocycles. The topological polar surface area (TPSA) is 59.0 Å². The van der Waals surface area contributed by atoms with E-state index in [0.29, 0.717) is 33.8 Å². The molecule has 5 rings (SSSR count). The van der Waals surface area contributed by atoms with E-state index in [2.05, 4.69) is 19.7 Å². The molecule has 3 aromatic carbocycles. The first-order chi connectivity index (χ1) is 21.3.